The van der Waals surface area contributed by atoms with Gasteiger partial charge in [0.15, 0.2) is 0 Å². The van der Waals surface area contributed by atoms with Gasteiger partial charge < -0.3 is 4.98 Å². The molecule has 1 N–H and O–H groups in total. The quantitative estimate of drug-likeness (QED) is 0.561. The fraction of sp³-hybridized carbons (Fsp3) is 0.222. The predicted octanol–water partition coefficient (Wildman–Crippen LogP) is 2.73. The third-order valence-corrected chi connectivity index (χ3v) is 2.85. The number of aryl methyl sites for hydroxylation is 1. The van der Waals surface area contributed by atoms with Gasteiger partial charge in [0.1, 0.15) is 5.52 Å². The van der Waals surface area contributed by atoms with Gasteiger partial charge in [-0.1, -0.05) is 0 Å². The summed E-state index contributed by atoms with van der Waals surface area (Å²) in [7, 11) is 0. The Kier molecular flexibility index (Phi) is 2.00. The number of thioether (sulfide) groups is 1. The first-order chi connectivity index (χ1) is 6.22. The highest BCUT2D eigenvalue weighted by atomic mass is 32.2. The Morgan fingerprint density at radius 2 is 2.23 bits per heavy atom. The van der Waals surface area contributed by atoms with E-state index in [2.05, 4.69) is 9.97 Å². The normalized spacial score (nSPS) is 11.0. The van der Waals surface area contributed by atoms with Gasteiger partial charge in [0.2, 0.25) is 5.95 Å². The molecule has 68 valence electrons. The molecule has 0 amide bonds. The second kappa shape index (κ2) is 3.03. The first-order valence-corrected chi connectivity index (χ1v) is 5.13. The third-order valence-electron chi connectivity index (χ3n) is 1.94. The SMILES string of the molecule is CSc1c(C)[nH]c2ccc(F)nc12. The van der Waals surface area contributed by atoms with Gasteiger partial charge in [0, 0.05) is 5.69 Å². The standard InChI is InChI=1S/C9H9FN2S/c1-5-9(13-2)8-6(11-5)3-4-7(10)12-8/h3-4,11H,1-2H3. The lowest BCUT2D eigenvalue weighted by molar-refractivity contribution is 0.588. The predicted molar refractivity (Wildman–Crippen MR) is 52.6 cm³/mol. The average molecular weight is 196 g/mol. The van der Waals surface area contributed by atoms with Crippen molar-refractivity contribution in [3.8, 4) is 0 Å². The molecule has 0 aliphatic carbocycles. The summed E-state index contributed by atoms with van der Waals surface area (Å²) in [5.41, 5.74) is 2.66. The Morgan fingerprint density at radius 3 is 2.92 bits per heavy atom. The number of pyridine rings is 1. The Balaban J connectivity index is 2.80. The summed E-state index contributed by atoms with van der Waals surface area (Å²) in [5.74, 6) is -0.429. The highest BCUT2D eigenvalue weighted by Gasteiger charge is 2.08. The number of aromatic amines is 1. The van der Waals surface area contributed by atoms with Crippen LogP contribution >= 0.6 is 11.8 Å². The van der Waals surface area contributed by atoms with E-state index in [1.165, 1.54) is 6.07 Å². The number of nitrogens with zero attached hydrogens (tertiary/aromatic N) is 1. The van der Waals surface area contributed by atoms with Crippen LogP contribution < -0.4 is 0 Å². The minimum atomic E-state index is -0.429. The molecule has 0 spiro atoms. The Morgan fingerprint density at radius 1 is 1.46 bits per heavy atom. The van der Waals surface area contributed by atoms with E-state index in [1.807, 2.05) is 13.2 Å². The number of nitrogens with one attached hydrogen (secondary N) is 1. The molecule has 0 fully saturated rings. The molecule has 0 saturated heterocycles. The molecule has 2 nitrogen and oxygen atoms in total. The Labute approximate surface area is 79.6 Å². The Hall–Kier alpha value is -1.03. The molecule has 2 aromatic heterocycles. The molecule has 0 saturated carbocycles. The molecular formula is C9H9FN2S. The second-order valence-electron chi connectivity index (χ2n) is 2.81. The van der Waals surface area contributed by atoms with Crippen molar-refractivity contribution in [3.63, 3.8) is 0 Å². The van der Waals surface area contributed by atoms with E-state index >= 15 is 0 Å². The molecule has 13 heavy (non-hydrogen) atoms. The fourth-order valence-corrected chi connectivity index (χ4v) is 2.10. The first-order valence-electron chi connectivity index (χ1n) is 3.91. The lowest BCUT2D eigenvalue weighted by Gasteiger charge is -1.93. The lowest BCUT2D eigenvalue weighted by atomic mass is 10.4. The molecule has 2 aromatic rings. The zero-order valence-electron chi connectivity index (χ0n) is 7.39. The maximum atomic E-state index is 12.8. The molecule has 2 heterocycles. The van der Waals surface area contributed by atoms with Crippen molar-refractivity contribution in [2.75, 3.05) is 6.26 Å². The van der Waals surface area contributed by atoms with Gasteiger partial charge >= 0.3 is 0 Å². The van der Waals surface area contributed by atoms with E-state index in [1.54, 1.807) is 17.8 Å². The van der Waals surface area contributed by atoms with Crippen molar-refractivity contribution in [1.82, 2.24) is 9.97 Å². The largest absolute Gasteiger partial charge is 0.356 e. The van der Waals surface area contributed by atoms with Crippen LogP contribution in [0.1, 0.15) is 5.69 Å². The fourth-order valence-electron chi connectivity index (χ4n) is 1.40. The second-order valence-corrected chi connectivity index (χ2v) is 3.63. The average Bonchev–Trinajstić information content (AvgIpc) is 2.40. The molecule has 0 aliphatic rings. The topological polar surface area (TPSA) is 28.7 Å². The minimum absolute atomic E-state index is 0.429. The van der Waals surface area contributed by atoms with Gasteiger partial charge in [0.25, 0.3) is 0 Å². The van der Waals surface area contributed by atoms with Crippen LogP contribution in [0.25, 0.3) is 11.0 Å². The number of fused-ring (bicyclic) bond motifs is 1. The van der Waals surface area contributed by atoms with Crippen molar-refractivity contribution in [2.24, 2.45) is 0 Å². The van der Waals surface area contributed by atoms with Gasteiger partial charge in [-0.3, -0.25) is 0 Å². The van der Waals surface area contributed by atoms with E-state index in [0.717, 1.165) is 21.6 Å². The monoisotopic (exact) mass is 196 g/mol. The number of halogens is 1. The van der Waals surface area contributed by atoms with Crippen LogP contribution in [-0.2, 0) is 0 Å². The third kappa shape index (κ3) is 1.31. The smallest absolute Gasteiger partial charge is 0.213 e. The van der Waals surface area contributed by atoms with Crippen LogP contribution in [0.4, 0.5) is 4.39 Å². The molecule has 0 unspecified atom stereocenters. The van der Waals surface area contributed by atoms with Gasteiger partial charge in [-0.15, -0.1) is 11.8 Å². The molecule has 0 aliphatic heterocycles. The summed E-state index contributed by atoms with van der Waals surface area (Å²) in [6, 6.07) is 3.08. The summed E-state index contributed by atoms with van der Waals surface area (Å²) in [6.07, 6.45) is 1.96. The van der Waals surface area contributed by atoms with Gasteiger partial charge in [-0.05, 0) is 25.3 Å². The highest BCUT2D eigenvalue weighted by molar-refractivity contribution is 7.98. The van der Waals surface area contributed by atoms with E-state index in [-0.39, 0.29) is 0 Å². The van der Waals surface area contributed by atoms with Crippen molar-refractivity contribution in [3.05, 3.63) is 23.8 Å². The first kappa shape index (κ1) is 8.56. The number of H-pyrrole nitrogens is 1. The van der Waals surface area contributed by atoms with Crippen molar-refractivity contribution in [2.45, 2.75) is 11.8 Å². The van der Waals surface area contributed by atoms with Crippen LogP contribution in [0, 0.1) is 12.9 Å². The molecule has 0 aromatic carbocycles. The molecular weight excluding hydrogens is 187 g/mol. The van der Waals surface area contributed by atoms with Crippen LogP contribution in [0.2, 0.25) is 0 Å². The summed E-state index contributed by atoms with van der Waals surface area (Å²) < 4.78 is 12.8. The van der Waals surface area contributed by atoms with Crippen molar-refractivity contribution < 1.29 is 4.39 Å². The van der Waals surface area contributed by atoms with Gasteiger partial charge in [-0.2, -0.15) is 4.39 Å². The zero-order valence-corrected chi connectivity index (χ0v) is 8.20. The summed E-state index contributed by atoms with van der Waals surface area (Å²) in [6.45, 7) is 1.96. The van der Waals surface area contributed by atoms with E-state index < -0.39 is 5.95 Å². The molecule has 2 rings (SSSR count). The molecule has 0 atom stereocenters. The molecule has 0 bridgehead atoms. The van der Waals surface area contributed by atoms with E-state index in [4.69, 9.17) is 0 Å². The van der Waals surface area contributed by atoms with Crippen molar-refractivity contribution >= 4 is 22.8 Å². The maximum absolute atomic E-state index is 12.8. The summed E-state index contributed by atoms with van der Waals surface area (Å²) >= 11 is 1.58. The summed E-state index contributed by atoms with van der Waals surface area (Å²) in [4.78, 5) is 8.03. The lowest BCUT2D eigenvalue weighted by Crippen LogP contribution is -1.81. The van der Waals surface area contributed by atoms with Crippen molar-refractivity contribution in [1.29, 1.82) is 0 Å². The van der Waals surface area contributed by atoms with E-state index in [0.29, 0.717) is 0 Å². The number of aromatic nitrogens is 2. The van der Waals surface area contributed by atoms with Crippen LogP contribution in [0.5, 0.6) is 0 Å². The van der Waals surface area contributed by atoms with Crippen LogP contribution in [-0.4, -0.2) is 16.2 Å². The number of rotatable bonds is 1. The highest BCUT2D eigenvalue weighted by Crippen LogP contribution is 2.28. The van der Waals surface area contributed by atoms with Crippen LogP contribution in [0.15, 0.2) is 17.0 Å². The molecule has 0 radical (unpaired) electrons. The zero-order chi connectivity index (χ0) is 9.42. The Bertz CT molecular complexity index is 450. The maximum Gasteiger partial charge on any atom is 0.213 e. The number of hydrogen-bond donors (Lipinski definition) is 1. The van der Waals surface area contributed by atoms with Gasteiger partial charge in [0.05, 0.1) is 10.4 Å². The van der Waals surface area contributed by atoms with E-state index in [9.17, 15) is 4.39 Å². The minimum Gasteiger partial charge on any atom is -0.356 e. The summed E-state index contributed by atoms with van der Waals surface area (Å²) in [5, 5.41) is 0. The van der Waals surface area contributed by atoms with Gasteiger partial charge in [-0.25, -0.2) is 4.98 Å². The number of hydrogen-bond acceptors (Lipinski definition) is 2. The molecule has 4 heteroatoms. The van der Waals surface area contributed by atoms with Crippen LogP contribution in [0.3, 0.4) is 0 Å².